The van der Waals surface area contributed by atoms with Gasteiger partial charge in [0.25, 0.3) is 0 Å². The van der Waals surface area contributed by atoms with Crippen molar-refractivity contribution in [3.63, 3.8) is 0 Å². The van der Waals surface area contributed by atoms with Crippen LogP contribution in [0.5, 0.6) is 0 Å². The predicted molar refractivity (Wildman–Crippen MR) is 91.4 cm³/mol. The Kier molecular flexibility index (Phi) is 5.17. The summed E-state index contributed by atoms with van der Waals surface area (Å²) in [7, 11) is 0. The number of urea groups is 1. The van der Waals surface area contributed by atoms with Gasteiger partial charge in [0.15, 0.2) is 10.8 Å². The van der Waals surface area contributed by atoms with Crippen molar-refractivity contribution in [3.8, 4) is 0 Å². The van der Waals surface area contributed by atoms with E-state index in [0.29, 0.717) is 24.4 Å². The number of amides is 3. The molecule has 0 radical (unpaired) electrons. The zero-order valence-electron chi connectivity index (χ0n) is 13.1. The molecule has 1 heterocycles. The molecule has 3 rings (SSSR count). The van der Waals surface area contributed by atoms with Crippen LogP contribution in [0.1, 0.15) is 12.0 Å². The molecule has 5 nitrogen and oxygen atoms in total. The fourth-order valence-electron chi connectivity index (χ4n) is 2.45. The zero-order chi connectivity index (χ0) is 16.9. The lowest BCUT2D eigenvalue weighted by molar-refractivity contribution is -0.136. The third kappa shape index (κ3) is 3.77. The number of likely N-dealkylation sites (tertiary alicyclic amines) is 1. The standard InChI is InChI=1S/C18H18N2O3S/c21-17-11-12-20(17)18(22)19(13-15-7-3-1-4-8-15)14-24(23)16-9-5-2-6-10-16/h1-10H,11-14H2. The highest BCUT2D eigenvalue weighted by Crippen LogP contribution is 2.18. The molecule has 3 amide bonds. The second-order valence-electron chi connectivity index (χ2n) is 5.55. The van der Waals surface area contributed by atoms with Crippen LogP contribution in [-0.4, -0.2) is 38.7 Å². The Hall–Kier alpha value is -2.31. The van der Waals surface area contributed by atoms with E-state index in [9.17, 15) is 14.1 Å². The third-order valence-corrected chi connectivity index (χ3v) is 5.19. The summed E-state index contributed by atoms with van der Waals surface area (Å²) >= 11 is -1.35. The molecule has 6 heteroatoms. The monoisotopic (exact) mass is 342 g/mol. The second kappa shape index (κ2) is 7.51. The number of carbonyl (C=O) groups is 2. The second-order valence-corrected chi connectivity index (χ2v) is 6.97. The van der Waals surface area contributed by atoms with Crippen LogP contribution in [-0.2, 0) is 22.5 Å². The van der Waals surface area contributed by atoms with Crippen LogP contribution in [0.3, 0.4) is 0 Å². The van der Waals surface area contributed by atoms with Crippen molar-refractivity contribution < 1.29 is 14.1 Å². The number of rotatable bonds is 5. The molecular weight excluding hydrogens is 324 g/mol. The Labute approximate surface area is 144 Å². The van der Waals surface area contributed by atoms with Gasteiger partial charge in [0, 0.05) is 24.1 Å². The molecule has 124 valence electrons. The number of β-lactam (4-membered cyclic amide) rings is 1. The number of hydrogen-bond donors (Lipinski definition) is 0. The first-order valence-corrected chi connectivity index (χ1v) is 9.03. The maximum atomic E-state index is 12.6. The molecule has 1 atom stereocenters. The summed E-state index contributed by atoms with van der Waals surface area (Å²) in [5.41, 5.74) is 0.934. The van der Waals surface area contributed by atoms with Gasteiger partial charge < -0.3 is 4.55 Å². The van der Waals surface area contributed by atoms with Gasteiger partial charge in [-0.1, -0.05) is 48.5 Å². The summed E-state index contributed by atoms with van der Waals surface area (Å²) in [6.07, 6.45) is 0.396. The van der Waals surface area contributed by atoms with Gasteiger partial charge in [-0.25, -0.2) is 4.79 Å². The molecule has 2 aromatic carbocycles. The van der Waals surface area contributed by atoms with E-state index >= 15 is 0 Å². The summed E-state index contributed by atoms with van der Waals surface area (Å²) in [6, 6.07) is 18.1. The Morgan fingerprint density at radius 3 is 2.25 bits per heavy atom. The molecule has 24 heavy (non-hydrogen) atoms. The minimum Gasteiger partial charge on any atom is -0.610 e. The maximum absolute atomic E-state index is 12.6. The number of hydrogen-bond acceptors (Lipinski definition) is 3. The summed E-state index contributed by atoms with van der Waals surface area (Å²) in [6.45, 7) is 0.753. The molecule has 0 N–H and O–H groups in total. The number of carbonyl (C=O) groups excluding carboxylic acids is 2. The molecule has 0 bridgehead atoms. The van der Waals surface area contributed by atoms with Gasteiger partial charge in [-0.3, -0.25) is 14.6 Å². The highest BCUT2D eigenvalue weighted by Gasteiger charge is 2.35. The first-order chi connectivity index (χ1) is 11.6. The van der Waals surface area contributed by atoms with Crippen molar-refractivity contribution >= 4 is 23.1 Å². The topological polar surface area (TPSA) is 63.7 Å². The van der Waals surface area contributed by atoms with Crippen LogP contribution in [0.25, 0.3) is 0 Å². The number of imide groups is 1. The minimum absolute atomic E-state index is 0.0571. The molecule has 1 aliphatic rings. The average Bonchev–Trinajstić information content (AvgIpc) is 2.61. The minimum atomic E-state index is -1.35. The van der Waals surface area contributed by atoms with Crippen LogP contribution in [0.4, 0.5) is 4.79 Å². The van der Waals surface area contributed by atoms with E-state index < -0.39 is 11.2 Å². The molecule has 2 aromatic rings. The van der Waals surface area contributed by atoms with Crippen molar-refractivity contribution in [1.29, 1.82) is 0 Å². The van der Waals surface area contributed by atoms with Crippen LogP contribution in [0.2, 0.25) is 0 Å². The maximum Gasteiger partial charge on any atom is 0.330 e. The quantitative estimate of drug-likeness (QED) is 0.620. The molecule has 1 unspecified atom stereocenters. The van der Waals surface area contributed by atoms with Gasteiger partial charge >= 0.3 is 6.03 Å². The lowest BCUT2D eigenvalue weighted by atomic mass is 10.2. The Balaban J connectivity index is 1.76. The lowest BCUT2D eigenvalue weighted by Gasteiger charge is -2.34. The summed E-state index contributed by atoms with van der Waals surface area (Å²) < 4.78 is 12.6. The normalized spacial score (nSPS) is 14.9. The zero-order valence-corrected chi connectivity index (χ0v) is 13.9. The molecule has 1 aliphatic heterocycles. The van der Waals surface area contributed by atoms with Crippen LogP contribution in [0.15, 0.2) is 65.6 Å². The Bertz CT molecular complexity index is 709. The molecule has 1 fully saturated rings. The Morgan fingerprint density at radius 2 is 1.71 bits per heavy atom. The fraction of sp³-hybridized carbons (Fsp3) is 0.222. The number of nitrogens with zero attached hydrogens (tertiary/aromatic N) is 2. The van der Waals surface area contributed by atoms with E-state index in [1.54, 1.807) is 12.1 Å². The summed E-state index contributed by atoms with van der Waals surface area (Å²) in [5, 5.41) is 0. The Morgan fingerprint density at radius 1 is 1.08 bits per heavy atom. The van der Waals surface area contributed by atoms with E-state index in [2.05, 4.69) is 0 Å². The summed E-state index contributed by atoms with van der Waals surface area (Å²) in [5.74, 6) is -0.120. The highest BCUT2D eigenvalue weighted by atomic mass is 32.2. The van der Waals surface area contributed by atoms with Crippen molar-refractivity contribution in [1.82, 2.24) is 9.80 Å². The smallest absolute Gasteiger partial charge is 0.330 e. The van der Waals surface area contributed by atoms with Crippen molar-refractivity contribution in [3.05, 3.63) is 66.2 Å². The largest absolute Gasteiger partial charge is 0.610 e. The van der Waals surface area contributed by atoms with Gasteiger partial charge in [0.2, 0.25) is 5.91 Å². The van der Waals surface area contributed by atoms with Gasteiger partial charge in [-0.2, -0.15) is 0 Å². The van der Waals surface area contributed by atoms with Crippen molar-refractivity contribution in [2.45, 2.75) is 17.9 Å². The van der Waals surface area contributed by atoms with E-state index in [0.717, 1.165) is 5.56 Å². The van der Waals surface area contributed by atoms with Crippen LogP contribution < -0.4 is 0 Å². The van der Waals surface area contributed by atoms with E-state index in [4.69, 9.17) is 0 Å². The highest BCUT2D eigenvalue weighted by molar-refractivity contribution is 7.91. The first kappa shape index (κ1) is 16.5. The van der Waals surface area contributed by atoms with Crippen LogP contribution in [0, 0.1) is 0 Å². The van der Waals surface area contributed by atoms with E-state index in [1.807, 2.05) is 48.5 Å². The van der Waals surface area contributed by atoms with Gasteiger partial charge in [-0.15, -0.1) is 0 Å². The van der Waals surface area contributed by atoms with Crippen molar-refractivity contribution in [2.75, 3.05) is 12.4 Å². The molecule has 0 aromatic heterocycles. The van der Waals surface area contributed by atoms with Gasteiger partial charge in [0.1, 0.15) is 0 Å². The third-order valence-electron chi connectivity index (χ3n) is 3.85. The summed E-state index contributed by atoms with van der Waals surface area (Å²) in [4.78, 5) is 27.6. The SMILES string of the molecule is O=C1CCN1C(=O)N(Cc1ccccc1)C[S+]([O-])c1ccccc1. The van der Waals surface area contributed by atoms with E-state index in [-0.39, 0.29) is 17.8 Å². The number of benzene rings is 2. The average molecular weight is 342 g/mol. The first-order valence-electron chi connectivity index (χ1n) is 7.72. The van der Waals surface area contributed by atoms with Crippen LogP contribution >= 0.6 is 0 Å². The predicted octanol–water partition coefficient (Wildman–Crippen LogP) is 2.61. The lowest BCUT2D eigenvalue weighted by Crippen LogP contribution is -2.53. The molecule has 0 spiro atoms. The van der Waals surface area contributed by atoms with Gasteiger partial charge in [-0.05, 0) is 17.7 Å². The van der Waals surface area contributed by atoms with Crippen molar-refractivity contribution in [2.24, 2.45) is 0 Å². The molecule has 0 saturated carbocycles. The fourth-order valence-corrected chi connectivity index (χ4v) is 3.54. The molecular formula is C18H18N2O3S. The van der Waals surface area contributed by atoms with E-state index in [1.165, 1.54) is 9.80 Å². The van der Waals surface area contributed by atoms with Gasteiger partial charge in [0.05, 0.1) is 6.54 Å². The molecule has 0 aliphatic carbocycles. The molecule has 1 saturated heterocycles.